The lowest BCUT2D eigenvalue weighted by molar-refractivity contribution is 0.0284. The number of benzene rings is 1. The summed E-state index contributed by atoms with van der Waals surface area (Å²) >= 11 is 0. The minimum absolute atomic E-state index is 0.0412. The fourth-order valence-electron chi connectivity index (χ4n) is 2.48. The molecule has 0 radical (unpaired) electrons. The highest BCUT2D eigenvalue weighted by molar-refractivity contribution is 5.89. The number of rotatable bonds is 4. The van der Waals surface area contributed by atoms with Crippen LogP contribution in [0.15, 0.2) is 18.2 Å². The van der Waals surface area contributed by atoms with Gasteiger partial charge in [-0.3, -0.25) is 4.90 Å². The van der Waals surface area contributed by atoms with Crippen LogP contribution in [0.25, 0.3) is 0 Å². The Balaban J connectivity index is 2.12. The molecule has 1 aromatic rings. The molecule has 1 saturated heterocycles. The standard InChI is InChI=1S/C14H18FNO3/c1-19-12-3-2-6-16(9-12)8-10-4-5-11(15)7-13(10)14(17)18/h4-5,7,12H,2-3,6,8-9H2,1H3,(H,17,18). The molecule has 0 aliphatic carbocycles. The molecule has 1 aliphatic rings. The van der Waals surface area contributed by atoms with Gasteiger partial charge in [-0.05, 0) is 37.1 Å². The Bertz CT molecular complexity index is 464. The summed E-state index contributed by atoms with van der Waals surface area (Å²) in [4.78, 5) is 13.3. The predicted molar refractivity (Wildman–Crippen MR) is 68.7 cm³/mol. The van der Waals surface area contributed by atoms with Crippen molar-refractivity contribution in [3.8, 4) is 0 Å². The van der Waals surface area contributed by atoms with Gasteiger partial charge in [-0.25, -0.2) is 9.18 Å². The van der Waals surface area contributed by atoms with E-state index in [9.17, 15) is 9.18 Å². The van der Waals surface area contributed by atoms with Gasteiger partial charge in [0.2, 0.25) is 0 Å². The summed E-state index contributed by atoms with van der Waals surface area (Å²) in [5, 5.41) is 9.11. The van der Waals surface area contributed by atoms with Gasteiger partial charge in [-0.1, -0.05) is 6.07 Å². The molecule has 1 N–H and O–H groups in total. The smallest absolute Gasteiger partial charge is 0.336 e. The number of hydrogen-bond donors (Lipinski definition) is 1. The van der Waals surface area contributed by atoms with Gasteiger partial charge >= 0.3 is 5.97 Å². The quantitative estimate of drug-likeness (QED) is 0.908. The molecule has 1 aliphatic heterocycles. The van der Waals surface area contributed by atoms with Crippen LogP contribution in [-0.4, -0.2) is 42.3 Å². The number of ether oxygens (including phenoxy) is 1. The monoisotopic (exact) mass is 267 g/mol. The molecule has 1 atom stereocenters. The molecule has 1 heterocycles. The van der Waals surface area contributed by atoms with Crippen LogP contribution in [0.1, 0.15) is 28.8 Å². The lowest BCUT2D eigenvalue weighted by Crippen LogP contribution is -2.38. The van der Waals surface area contributed by atoms with Gasteiger partial charge in [0.1, 0.15) is 5.82 Å². The van der Waals surface area contributed by atoms with E-state index in [1.54, 1.807) is 13.2 Å². The maximum atomic E-state index is 13.1. The van der Waals surface area contributed by atoms with Crippen molar-refractivity contribution < 1.29 is 19.0 Å². The number of carboxylic acid groups (broad SMARTS) is 1. The zero-order chi connectivity index (χ0) is 13.8. The normalized spacial score (nSPS) is 20.4. The van der Waals surface area contributed by atoms with Crippen LogP contribution in [0.3, 0.4) is 0 Å². The fraction of sp³-hybridized carbons (Fsp3) is 0.500. The molecule has 104 valence electrons. The Labute approximate surface area is 111 Å². The van der Waals surface area contributed by atoms with Gasteiger partial charge in [-0.15, -0.1) is 0 Å². The molecule has 0 bridgehead atoms. The van der Waals surface area contributed by atoms with Crippen molar-refractivity contribution in [2.45, 2.75) is 25.5 Å². The first-order chi connectivity index (χ1) is 9.10. The summed E-state index contributed by atoms with van der Waals surface area (Å²) in [5.41, 5.74) is 0.685. The zero-order valence-electron chi connectivity index (χ0n) is 10.9. The summed E-state index contributed by atoms with van der Waals surface area (Å²) in [6, 6.07) is 3.93. The molecule has 0 amide bonds. The lowest BCUT2D eigenvalue weighted by atomic mass is 10.0. The number of methoxy groups -OCH3 is 1. The van der Waals surface area contributed by atoms with E-state index in [4.69, 9.17) is 9.84 Å². The van der Waals surface area contributed by atoms with Gasteiger partial charge in [-0.2, -0.15) is 0 Å². The van der Waals surface area contributed by atoms with E-state index in [2.05, 4.69) is 4.90 Å². The summed E-state index contributed by atoms with van der Waals surface area (Å²) in [6.45, 7) is 2.21. The number of hydrogen-bond acceptors (Lipinski definition) is 3. The Morgan fingerprint density at radius 1 is 1.58 bits per heavy atom. The van der Waals surface area contributed by atoms with E-state index in [0.717, 1.165) is 32.0 Å². The minimum atomic E-state index is -1.09. The summed E-state index contributed by atoms with van der Waals surface area (Å²) < 4.78 is 18.4. The topological polar surface area (TPSA) is 49.8 Å². The molecular formula is C14H18FNO3. The van der Waals surface area contributed by atoms with Gasteiger partial charge in [0.15, 0.2) is 0 Å². The fourth-order valence-corrected chi connectivity index (χ4v) is 2.48. The van der Waals surface area contributed by atoms with Crippen LogP contribution in [0.2, 0.25) is 0 Å². The number of piperidine rings is 1. The van der Waals surface area contributed by atoms with Crippen LogP contribution in [0.4, 0.5) is 4.39 Å². The lowest BCUT2D eigenvalue weighted by Gasteiger charge is -2.32. The van der Waals surface area contributed by atoms with E-state index >= 15 is 0 Å². The number of carbonyl (C=O) groups is 1. The molecule has 19 heavy (non-hydrogen) atoms. The molecule has 0 saturated carbocycles. The van der Waals surface area contributed by atoms with Crippen molar-refractivity contribution in [1.82, 2.24) is 4.90 Å². The second-order valence-corrected chi connectivity index (χ2v) is 4.84. The van der Waals surface area contributed by atoms with E-state index in [1.165, 1.54) is 6.07 Å². The van der Waals surface area contributed by atoms with Crippen molar-refractivity contribution in [3.05, 3.63) is 35.1 Å². The number of likely N-dealkylation sites (tertiary alicyclic amines) is 1. The maximum Gasteiger partial charge on any atom is 0.336 e. The Morgan fingerprint density at radius 2 is 2.37 bits per heavy atom. The molecule has 1 aromatic carbocycles. The van der Waals surface area contributed by atoms with Crippen molar-refractivity contribution >= 4 is 5.97 Å². The first-order valence-corrected chi connectivity index (χ1v) is 6.37. The largest absolute Gasteiger partial charge is 0.478 e. The van der Waals surface area contributed by atoms with Crippen molar-refractivity contribution in [1.29, 1.82) is 0 Å². The van der Waals surface area contributed by atoms with Crippen molar-refractivity contribution in [2.24, 2.45) is 0 Å². The third-order valence-electron chi connectivity index (χ3n) is 3.49. The van der Waals surface area contributed by atoms with Crippen LogP contribution in [0.5, 0.6) is 0 Å². The molecule has 4 nitrogen and oxygen atoms in total. The Morgan fingerprint density at radius 3 is 3.05 bits per heavy atom. The zero-order valence-corrected chi connectivity index (χ0v) is 10.9. The third kappa shape index (κ3) is 3.52. The highest BCUT2D eigenvalue weighted by atomic mass is 19.1. The molecule has 2 rings (SSSR count). The van der Waals surface area contributed by atoms with Gasteiger partial charge in [0.25, 0.3) is 0 Å². The molecule has 5 heteroatoms. The molecule has 1 fully saturated rings. The SMILES string of the molecule is COC1CCCN(Cc2ccc(F)cc2C(=O)O)C1. The summed E-state index contributed by atoms with van der Waals surface area (Å²) in [6.07, 6.45) is 2.26. The summed E-state index contributed by atoms with van der Waals surface area (Å²) in [5.74, 6) is -1.61. The van der Waals surface area contributed by atoms with Gasteiger partial charge in [0.05, 0.1) is 11.7 Å². The molecule has 1 unspecified atom stereocenters. The van der Waals surface area contributed by atoms with E-state index in [1.807, 2.05) is 0 Å². The van der Waals surface area contributed by atoms with Gasteiger partial charge in [0, 0.05) is 20.2 Å². The highest BCUT2D eigenvalue weighted by Gasteiger charge is 2.21. The third-order valence-corrected chi connectivity index (χ3v) is 3.49. The molecular weight excluding hydrogens is 249 g/mol. The number of halogens is 1. The number of carboxylic acids is 1. The predicted octanol–water partition coefficient (Wildman–Crippen LogP) is 2.13. The van der Waals surface area contributed by atoms with Crippen molar-refractivity contribution in [3.63, 3.8) is 0 Å². The van der Waals surface area contributed by atoms with Crippen molar-refractivity contribution in [2.75, 3.05) is 20.2 Å². The number of nitrogens with zero attached hydrogens (tertiary/aromatic N) is 1. The highest BCUT2D eigenvalue weighted by Crippen LogP contribution is 2.18. The Kier molecular flexibility index (Phi) is 4.50. The Hall–Kier alpha value is -1.46. The van der Waals surface area contributed by atoms with E-state index in [0.29, 0.717) is 12.1 Å². The molecule has 0 spiro atoms. The maximum absolute atomic E-state index is 13.1. The van der Waals surface area contributed by atoms with Crippen LogP contribution < -0.4 is 0 Å². The first kappa shape index (κ1) is 14.0. The van der Waals surface area contributed by atoms with Crippen LogP contribution in [-0.2, 0) is 11.3 Å². The second-order valence-electron chi connectivity index (χ2n) is 4.84. The second kappa shape index (κ2) is 6.12. The molecule has 0 aromatic heterocycles. The van der Waals surface area contributed by atoms with Crippen LogP contribution in [0, 0.1) is 5.82 Å². The van der Waals surface area contributed by atoms with E-state index < -0.39 is 11.8 Å². The first-order valence-electron chi connectivity index (χ1n) is 6.37. The minimum Gasteiger partial charge on any atom is -0.478 e. The number of aromatic carboxylic acids is 1. The summed E-state index contributed by atoms with van der Waals surface area (Å²) in [7, 11) is 1.69. The van der Waals surface area contributed by atoms with Gasteiger partial charge < -0.3 is 9.84 Å². The average Bonchev–Trinajstić information content (AvgIpc) is 2.41. The van der Waals surface area contributed by atoms with E-state index in [-0.39, 0.29) is 11.7 Å². The average molecular weight is 267 g/mol. The van der Waals surface area contributed by atoms with Crippen LogP contribution >= 0.6 is 0 Å².